The van der Waals surface area contributed by atoms with Crippen LogP contribution in [0.1, 0.15) is 30.7 Å². The quantitative estimate of drug-likeness (QED) is 0.910. The molecule has 2 aliphatic rings. The number of nitrogens with zero attached hydrogens (tertiary/aromatic N) is 1. The minimum atomic E-state index is 0.0276. The second kappa shape index (κ2) is 5.44. The first-order chi connectivity index (χ1) is 9.67. The highest BCUT2D eigenvalue weighted by Crippen LogP contribution is 2.34. The molecule has 1 aromatic rings. The lowest BCUT2D eigenvalue weighted by Crippen LogP contribution is -2.50. The van der Waals surface area contributed by atoms with Crippen LogP contribution < -0.4 is 10.5 Å². The van der Waals surface area contributed by atoms with Gasteiger partial charge in [0.25, 0.3) is 0 Å². The van der Waals surface area contributed by atoms with E-state index in [0.29, 0.717) is 13.0 Å². The molecule has 1 saturated carbocycles. The number of hydrogen-bond donors (Lipinski definition) is 1. The molecule has 4 heteroatoms. The van der Waals surface area contributed by atoms with Crippen LogP contribution in [0.3, 0.4) is 0 Å². The highest BCUT2D eigenvalue weighted by Gasteiger charge is 2.35. The van der Waals surface area contributed by atoms with Gasteiger partial charge >= 0.3 is 0 Å². The maximum Gasteiger partial charge on any atom is 0.223 e. The SMILES string of the molecule is COc1ccc(C2CC(=O)N(CC3CC3)CC2N)cc1. The Labute approximate surface area is 119 Å². The van der Waals surface area contributed by atoms with Crippen molar-refractivity contribution >= 4 is 5.91 Å². The number of likely N-dealkylation sites (tertiary alicyclic amines) is 1. The molecule has 1 amide bonds. The molecule has 2 atom stereocenters. The molecule has 0 bridgehead atoms. The number of carbonyl (C=O) groups is 1. The zero-order chi connectivity index (χ0) is 14.1. The van der Waals surface area contributed by atoms with Gasteiger partial charge in [0.15, 0.2) is 0 Å². The van der Waals surface area contributed by atoms with Crippen LogP contribution in [0.4, 0.5) is 0 Å². The molecular weight excluding hydrogens is 252 g/mol. The van der Waals surface area contributed by atoms with Crippen molar-refractivity contribution in [1.82, 2.24) is 4.90 Å². The lowest BCUT2D eigenvalue weighted by atomic mass is 9.85. The van der Waals surface area contributed by atoms with Gasteiger partial charge in [-0.2, -0.15) is 0 Å². The lowest BCUT2D eigenvalue weighted by molar-refractivity contribution is -0.134. The highest BCUT2D eigenvalue weighted by molar-refractivity contribution is 5.78. The van der Waals surface area contributed by atoms with Gasteiger partial charge in [-0.3, -0.25) is 4.79 Å². The first kappa shape index (κ1) is 13.4. The van der Waals surface area contributed by atoms with Gasteiger partial charge in [-0.1, -0.05) is 12.1 Å². The summed E-state index contributed by atoms with van der Waals surface area (Å²) in [5.74, 6) is 1.94. The predicted molar refractivity (Wildman–Crippen MR) is 77.6 cm³/mol. The zero-order valence-electron chi connectivity index (χ0n) is 11.9. The predicted octanol–water partition coefficient (Wildman–Crippen LogP) is 1.75. The lowest BCUT2D eigenvalue weighted by Gasteiger charge is -2.36. The fraction of sp³-hybridized carbons (Fsp3) is 0.562. The van der Waals surface area contributed by atoms with Gasteiger partial charge in [0.1, 0.15) is 5.75 Å². The molecule has 0 spiro atoms. The molecule has 2 unspecified atom stereocenters. The third-order valence-corrected chi connectivity index (χ3v) is 4.41. The largest absolute Gasteiger partial charge is 0.497 e. The smallest absolute Gasteiger partial charge is 0.223 e. The Morgan fingerprint density at radius 2 is 2.00 bits per heavy atom. The maximum absolute atomic E-state index is 12.3. The summed E-state index contributed by atoms with van der Waals surface area (Å²) in [7, 11) is 1.65. The first-order valence-electron chi connectivity index (χ1n) is 7.34. The Kier molecular flexibility index (Phi) is 3.66. The van der Waals surface area contributed by atoms with E-state index in [-0.39, 0.29) is 17.9 Å². The van der Waals surface area contributed by atoms with Gasteiger partial charge in [0.2, 0.25) is 5.91 Å². The summed E-state index contributed by atoms with van der Waals surface area (Å²) in [4.78, 5) is 14.2. The second-order valence-electron chi connectivity index (χ2n) is 5.99. The molecule has 0 aromatic heterocycles. The van der Waals surface area contributed by atoms with Crippen molar-refractivity contribution in [3.8, 4) is 5.75 Å². The van der Waals surface area contributed by atoms with Gasteiger partial charge in [0, 0.05) is 31.5 Å². The highest BCUT2D eigenvalue weighted by atomic mass is 16.5. The number of amides is 1. The van der Waals surface area contributed by atoms with Crippen molar-refractivity contribution in [1.29, 1.82) is 0 Å². The van der Waals surface area contributed by atoms with Crippen LogP contribution in [0.15, 0.2) is 24.3 Å². The van der Waals surface area contributed by atoms with E-state index in [0.717, 1.165) is 23.8 Å². The molecule has 2 N–H and O–H groups in total. The molecule has 20 heavy (non-hydrogen) atoms. The van der Waals surface area contributed by atoms with E-state index in [1.807, 2.05) is 29.2 Å². The van der Waals surface area contributed by atoms with Crippen LogP contribution in [-0.2, 0) is 4.79 Å². The number of methoxy groups -OCH3 is 1. The van der Waals surface area contributed by atoms with Crippen molar-refractivity contribution in [2.45, 2.75) is 31.2 Å². The number of nitrogens with two attached hydrogens (primary N) is 1. The van der Waals surface area contributed by atoms with E-state index in [2.05, 4.69) is 0 Å². The van der Waals surface area contributed by atoms with Crippen molar-refractivity contribution in [2.24, 2.45) is 11.7 Å². The molecule has 3 rings (SSSR count). The molecule has 108 valence electrons. The topological polar surface area (TPSA) is 55.6 Å². The van der Waals surface area contributed by atoms with Crippen LogP contribution in [-0.4, -0.2) is 37.0 Å². The third kappa shape index (κ3) is 2.80. The summed E-state index contributed by atoms with van der Waals surface area (Å²) in [5.41, 5.74) is 7.44. The van der Waals surface area contributed by atoms with Crippen LogP contribution in [0, 0.1) is 5.92 Å². The van der Waals surface area contributed by atoms with Crippen molar-refractivity contribution in [3.63, 3.8) is 0 Å². The van der Waals surface area contributed by atoms with E-state index < -0.39 is 0 Å². The van der Waals surface area contributed by atoms with Gasteiger partial charge in [-0.15, -0.1) is 0 Å². The van der Waals surface area contributed by atoms with Crippen molar-refractivity contribution < 1.29 is 9.53 Å². The van der Waals surface area contributed by atoms with E-state index in [1.165, 1.54) is 12.8 Å². The van der Waals surface area contributed by atoms with Crippen molar-refractivity contribution in [2.75, 3.05) is 20.2 Å². The van der Waals surface area contributed by atoms with Gasteiger partial charge in [-0.05, 0) is 36.5 Å². The van der Waals surface area contributed by atoms with Crippen LogP contribution in [0.5, 0.6) is 5.75 Å². The maximum atomic E-state index is 12.3. The molecular formula is C16H22N2O2. The third-order valence-electron chi connectivity index (χ3n) is 4.41. The zero-order valence-corrected chi connectivity index (χ0v) is 11.9. The number of rotatable bonds is 4. The van der Waals surface area contributed by atoms with Crippen LogP contribution >= 0.6 is 0 Å². The molecule has 1 aliphatic heterocycles. The average molecular weight is 274 g/mol. The Morgan fingerprint density at radius 3 is 2.60 bits per heavy atom. The molecule has 1 heterocycles. The van der Waals surface area contributed by atoms with Crippen molar-refractivity contribution in [3.05, 3.63) is 29.8 Å². The number of ether oxygens (including phenoxy) is 1. The Bertz CT molecular complexity index is 482. The monoisotopic (exact) mass is 274 g/mol. The summed E-state index contributed by atoms with van der Waals surface area (Å²) >= 11 is 0. The Balaban J connectivity index is 1.69. The normalized spacial score (nSPS) is 26.7. The molecule has 0 radical (unpaired) electrons. The number of piperidine rings is 1. The number of hydrogen-bond acceptors (Lipinski definition) is 3. The molecule has 1 saturated heterocycles. The fourth-order valence-electron chi connectivity index (χ4n) is 2.96. The van der Waals surface area contributed by atoms with E-state index in [1.54, 1.807) is 7.11 Å². The molecule has 1 aromatic carbocycles. The van der Waals surface area contributed by atoms with Crippen LogP contribution in [0.2, 0.25) is 0 Å². The van der Waals surface area contributed by atoms with Gasteiger partial charge in [-0.25, -0.2) is 0 Å². The standard InChI is InChI=1S/C16H22N2O2/c1-20-13-6-4-12(5-7-13)14-8-16(19)18(10-15(14)17)9-11-2-3-11/h4-7,11,14-15H,2-3,8-10,17H2,1H3. The number of carbonyl (C=O) groups excluding carboxylic acids is 1. The van der Waals surface area contributed by atoms with E-state index in [4.69, 9.17) is 10.5 Å². The van der Waals surface area contributed by atoms with Gasteiger partial charge in [0.05, 0.1) is 7.11 Å². The summed E-state index contributed by atoms with van der Waals surface area (Å²) < 4.78 is 5.17. The molecule has 1 aliphatic carbocycles. The summed E-state index contributed by atoms with van der Waals surface area (Å²) in [5, 5.41) is 0. The van der Waals surface area contributed by atoms with Gasteiger partial charge < -0.3 is 15.4 Å². The molecule has 2 fully saturated rings. The van der Waals surface area contributed by atoms with Crippen LogP contribution in [0.25, 0.3) is 0 Å². The summed E-state index contributed by atoms with van der Waals surface area (Å²) in [6.45, 7) is 1.59. The average Bonchev–Trinajstić information content (AvgIpc) is 3.27. The fourth-order valence-corrected chi connectivity index (χ4v) is 2.96. The minimum Gasteiger partial charge on any atom is -0.497 e. The Morgan fingerprint density at radius 1 is 1.30 bits per heavy atom. The number of benzene rings is 1. The Hall–Kier alpha value is -1.55. The summed E-state index contributed by atoms with van der Waals surface area (Å²) in [6.07, 6.45) is 3.06. The summed E-state index contributed by atoms with van der Waals surface area (Å²) in [6, 6.07) is 7.94. The van der Waals surface area contributed by atoms with E-state index in [9.17, 15) is 4.79 Å². The van der Waals surface area contributed by atoms with E-state index >= 15 is 0 Å². The first-order valence-corrected chi connectivity index (χ1v) is 7.34. The molecule has 4 nitrogen and oxygen atoms in total. The second-order valence-corrected chi connectivity index (χ2v) is 5.99. The minimum absolute atomic E-state index is 0.0276.